The first-order chi connectivity index (χ1) is 28.4. The number of carbonyl (C=O) groups is 2. The molecule has 0 bridgehead atoms. The van der Waals surface area contributed by atoms with Gasteiger partial charge in [-0.2, -0.15) is 0 Å². The monoisotopic (exact) mass is 847 g/mol. The van der Waals surface area contributed by atoms with E-state index in [1.54, 1.807) is 6.08 Å². The lowest BCUT2D eigenvalue weighted by Gasteiger charge is -2.24. The van der Waals surface area contributed by atoms with Crippen molar-refractivity contribution in [1.29, 1.82) is 0 Å². The molecule has 0 saturated carbocycles. The van der Waals surface area contributed by atoms with Crippen molar-refractivity contribution in [2.75, 3.05) is 47.5 Å². The number of phosphoric ester groups is 1. The average molecular weight is 847 g/mol. The minimum Gasteiger partial charge on any atom is -0.462 e. The Morgan fingerprint density at radius 2 is 1.12 bits per heavy atom. The molecule has 59 heavy (non-hydrogen) atoms. The molecule has 1 unspecified atom stereocenters. The number of aliphatic hydroxyl groups is 1. The highest BCUT2D eigenvalue weighted by Gasteiger charge is 2.27. The molecule has 0 rings (SSSR count). The Hall–Kier alpha value is -3.11. The maximum absolute atomic E-state index is 12.7. The van der Waals surface area contributed by atoms with Crippen molar-refractivity contribution < 1.29 is 47.2 Å². The van der Waals surface area contributed by atoms with Gasteiger partial charge in [0.15, 0.2) is 6.10 Å². The lowest BCUT2D eigenvalue weighted by atomic mass is 10.1. The number of ether oxygens (including phenoxy) is 2. The molecule has 0 amide bonds. The van der Waals surface area contributed by atoms with Gasteiger partial charge in [0.1, 0.15) is 19.8 Å². The highest BCUT2D eigenvalue weighted by molar-refractivity contribution is 7.47. The van der Waals surface area contributed by atoms with Crippen LogP contribution in [0.1, 0.15) is 136 Å². The zero-order valence-corrected chi connectivity index (χ0v) is 38.2. The van der Waals surface area contributed by atoms with E-state index < -0.39 is 32.5 Å². The number of phosphoric acid groups is 1. The second kappa shape index (κ2) is 39.1. The first kappa shape index (κ1) is 55.9. The summed E-state index contributed by atoms with van der Waals surface area (Å²) < 4.78 is 34.2. The van der Waals surface area contributed by atoms with Crippen molar-refractivity contribution in [3.8, 4) is 0 Å². The number of quaternary nitrogens is 1. The summed E-state index contributed by atoms with van der Waals surface area (Å²) in [4.78, 5) is 35.4. The number of rotatable bonds is 38. The van der Waals surface area contributed by atoms with Gasteiger partial charge >= 0.3 is 19.8 Å². The van der Waals surface area contributed by atoms with E-state index in [1.165, 1.54) is 25.7 Å². The molecule has 0 fully saturated rings. The normalized spacial score (nSPS) is 15.0. The molecule has 0 aromatic rings. The maximum Gasteiger partial charge on any atom is 0.472 e. The van der Waals surface area contributed by atoms with E-state index in [-0.39, 0.29) is 32.2 Å². The summed E-state index contributed by atoms with van der Waals surface area (Å²) >= 11 is 0. The molecular weight excluding hydrogens is 765 g/mol. The standard InChI is InChI=1S/C48H80NO9P/c1-6-8-9-10-11-12-13-14-15-16-17-21-24-27-30-33-36-39-47(51)55-43-46(44-57-59(53,54)56-42-41-49(3,4)5)58-48(52)40-37-34-31-28-25-22-19-18-20-23-26-29-32-35-38-45(50)7-2/h11-12,14-15,17,19-23,28-29,31-32,35,38,45-46,50H,6-10,13,16,18,24-27,30,33-34,36-37,39-44H2,1-5H3/p+1/b12-11-,15-14-,21-17-,22-19-,23-20-,31-28-,32-29-,38-35+/t45-,46-/m1/s1. The van der Waals surface area contributed by atoms with Crippen molar-refractivity contribution >= 4 is 19.8 Å². The molecule has 11 heteroatoms. The molecule has 2 N–H and O–H groups in total. The fourth-order valence-electron chi connectivity index (χ4n) is 5.12. The number of carbonyl (C=O) groups excluding carboxylic acids is 2. The molecule has 0 saturated heterocycles. The van der Waals surface area contributed by atoms with Crippen molar-refractivity contribution in [2.24, 2.45) is 0 Å². The number of nitrogens with zero attached hydrogens (tertiary/aromatic N) is 1. The Balaban J connectivity index is 4.54. The Kier molecular flexibility index (Phi) is 37.0. The van der Waals surface area contributed by atoms with Gasteiger partial charge in [-0.25, -0.2) is 4.57 Å². The number of unbranched alkanes of at least 4 members (excludes halogenated alkanes) is 8. The van der Waals surface area contributed by atoms with Crippen LogP contribution >= 0.6 is 7.82 Å². The summed E-state index contributed by atoms with van der Waals surface area (Å²) in [6.07, 6.45) is 48.4. The third-order valence-corrected chi connectivity index (χ3v) is 9.74. The van der Waals surface area contributed by atoms with E-state index in [1.807, 2.05) is 58.4 Å². The molecule has 0 spiro atoms. The second-order valence-corrected chi connectivity index (χ2v) is 17.0. The fourth-order valence-corrected chi connectivity index (χ4v) is 5.86. The van der Waals surface area contributed by atoms with Gasteiger partial charge < -0.3 is 24.0 Å². The molecular formula is C48H81NO9P+. The highest BCUT2D eigenvalue weighted by atomic mass is 31.2. The number of hydrogen-bond acceptors (Lipinski definition) is 8. The van der Waals surface area contributed by atoms with Crippen molar-refractivity contribution in [3.63, 3.8) is 0 Å². The summed E-state index contributed by atoms with van der Waals surface area (Å²) in [6.45, 7) is 3.93. The number of aliphatic hydroxyl groups excluding tert-OH is 1. The van der Waals surface area contributed by atoms with Crippen LogP contribution in [-0.2, 0) is 32.7 Å². The third-order valence-electron chi connectivity index (χ3n) is 8.76. The second-order valence-electron chi connectivity index (χ2n) is 15.5. The molecule has 0 heterocycles. The number of hydrogen-bond donors (Lipinski definition) is 2. The minimum absolute atomic E-state index is 0.00489. The van der Waals surface area contributed by atoms with Crippen LogP contribution in [0.3, 0.4) is 0 Å². The van der Waals surface area contributed by atoms with Crippen LogP contribution in [0.5, 0.6) is 0 Å². The zero-order valence-electron chi connectivity index (χ0n) is 37.3. The predicted octanol–water partition coefficient (Wildman–Crippen LogP) is 11.5. The summed E-state index contributed by atoms with van der Waals surface area (Å²) in [6, 6.07) is 0. The lowest BCUT2D eigenvalue weighted by molar-refractivity contribution is -0.870. The predicted molar refractivity (Wildman–Crippen MR) is 244 cm³/mol. The summed E-state index contributed by atoms with van der Waals surface area (Å²) in [5.41, 5.74) is 0. The quantitative estimate of drug-likeness (QED) is 0.0156. The van der Waals surface area contributed by atoms with Gasteiger partial charge in [-0.05, 0) is 83.5 Å². The van der Waals surface area contributed by atoms with Crippen LogP contribution in [0, 0.1) is 0 Å². The molecule has 336 valence electrons. The van der Waals surface area contributed by atoms with Gasteiger partial charge in [0.05, 0.1) is 33.9 Å². The van der Waals surface area contributed by atoms with Gasteiger partial charge in [-0.1, -0.05) is 137 Å². The van der Waals surface area contributed by atoms with Gasteiger partial charge in [0.25, 0.3) is 0 Å². The van der Waals surface area contributed by atoms with Gasteiger partial charge in [-0.3, -0.25) is 18.6 Å². The smallest absolute Gasteiger partial charge is 0.462 e. The van der Waals surface area contributed by atoms with Crippen LogP contribution in [0.2, 0.25) is 0 Å². The topological polar surface area (TPSA) is 129 Å². The molecule has 0 aromatic carbocycles. The van der Waals surface area contributed by atoms with E-state index in [2.05, 4.69) is 67.7 Å². The molecule has 0 aliphatic carbocycles. The number of likely N-dealkylation sites (N-methyl/N-ethyl adjacent to an activating group) is 1. The van der Waals surface area contributed by atoms with Crippen molar-refractivity contribution in [1.82, 2.24) is 0 Å². The average Bonchev–Trinajstić information content (AvgIpc) is 3.19. The molecule has 0 aromatic heterocycles. The number of allylic oxidation sites excluding steroid dienone is 15. The maximum atomic E-state index is 12.7. The van der Waals surface area contributed by atoms with Crippen molar-refractivity contribution in [3.05, 3.63) is 97.2 Å². The molecule has 0 aliphatic heterocycles. The largest absolute Gasteiger partial charge is 0.472 e. The molecule has 10 nitrogen and oxygen atoms in total. The molecule has 0 aliphatic rings. The Morgan fingerprint density at radius 3 is 1.68 bits per heavy atom. The van der Waals surface area contributed by atoms with E-state index >= 15 is 0 Å². The highest BCUT2D eigenvalue weighted by Crippen LogP contribution is 2.43. The Labute approximate surface area is 358 Å². The molecule has 0 radical (unpaired) electrons. The number of esters is 2. The Bertz CT molecular complexity index is 1340. The van der Waals surface area contributed by atoms with Crippen molar-refractivity contribution in [2.45, 2.75) is 148 Å². The third kappa shape index (κ3) is 42.8. The van der Waals surface area contributed by atoms with Crippen LogP contribution in [0.25, 0.3) is 0 Å². The van der Waals surface area contributed by atoms with Crippen LogP contribution in [-0.4, -0.2) is 86.1 Å². The van der Waals surface area contributed by atoms with Gasteiger partial charge in [-0.15, -0.1) is 0 Å². The van der Waals surface area contributed by atoms with Gasteiger partial charge in [0, 0.05) is 12.8 Å². The Morgan fingerprint density at radius 1 is 0.610 bits per heavy atom. The lowest BCUT2D eigenvalue weighted by Crippen LogP contribution is -2.37. The van der Waals surface area contributed by atoms with Crippen LogP contribution in [0.15, 0.2) is 97.2 Å². The van der Waals surface area contributed by atoms with Crippen LogP contribution in [0.4, 0.5) is 0 Å². The van der Waals surface area contributed by atoms with E-state index in [4.69, 9.17) is 18.5 Å². The zero-order chi connectivity index (χ0) is 43.7. The fraction of sp³-hybridized carbons (Fsp3) is 0.625. The summed E-state index contributed by atoms with van der Waals surface area (Å²) in [7, 11) is 1.38. The SMILES string of the molecule is CCCCC/C=C\C/C=C\C/C=C\CCCCCCC(=O)OC[C@H](COP(=O)(O)OCC[N+](C)(C)C)OC(=O)CCC/C=C\C/C=C\C/C=C\C/C=C\C=C\[C@H](O)CC. The summed E-state index contributed by atoms with van der Waals surface area (Å²) in [5.74, 6) is -0.923. The summed E-state index contributed by atoms with van der Waals surface area (Å²) in [5, 5.41) is 9.49. The minimum atomic E-state index is -4.41. The molecule has 3 atom stereocenters. The van der Waals surface area contributed by atoms with Crippen LogP contribution < -0.4 is 0 Å². The van der Waals surface area contributed by atoms with E-state index in [0.29, 0.717) is 36.7 Å². The van der Waals surface area contributed by atoms with Gasteiger partial charge in [0.2, 0.25) is 0 Å². The first-order valence-corrected chi connectivity index (χ1v) is 23.6. The van der Waals surface area contributed by atoms with E-state index in [0.717, 1.165) is 57.8 Å². The van der Waals surface area contributed by atoms with E-state index in [9.17, 15) is 24.2 Å². The first-order valence-electron chi connectivity index (χ1n) is 22.1.